The van der Waals surface area contributed by atoms with E-state index in [1.807, 2.05) is 25.1 Å². The molecule has 2 aliphatic heterocycles. The lowest BCUT2D eigenvalue weighted by molar-refractivity contribution is 0.0704. The fourth-order valence-corrected chi connectivity index (χ4v) is 4.46. The van der Waals surface area contributed by atoms with Crippen LogP contribution < -0.4 is 10.5 Å². The zero-order valence-electron chi connectivity index (χ0n) is 20.3. The third-order valence-corrected chi connectivity index (χ3v) is 6.58. The molecule has 0 aliphatic carbocycles. The molecule has 0 saturated carbocycles. The van der Waals surface area contributed by atoms with Crippen LogP contribution in [-0.2, 0) is 4.74 Å². The number of hydrogen-bond acceptors (Lipinski definition) is 6. The molecule has 4 aromatic rings. The molecule has 1 saturated heterocycles. The molecule has 0 bridgehead atoms. The normalized spacial score (nSPS) is 20.6. The Labute approximate surface area is 206 Å². The van der Waals surface area contributed by atoms with E-state index in [1.165, 1.54) is 17.0 Å². The van der Waals surface area contributed by atoms with E-state index in [2.05, 4.69) is 9.97 Å². The van der Waals surface area contributed by atoms with E-state index < -0.39 is 17.4 Å². The quantitative estimate of drug-likeness (QED) is 0.447. The molecule has 6 rings (SSSR count). The van der Waals surface area contributed by atoms with Gasteiger partial charge in [-0.3, -0.25) is 9.20 Å². The third-order valence-electron chi connectivity index (χ3n) is 6.58. The number of likely N-dealkylation sites (N-methyl/N-ethyl adjacent to an activating group) is 1. The van der Waals surface area contributed by atoms with Crippen molar-refractivity contribution in [2.45, 2.75) is 32.0 Å². The Kier molecular flexibility index (Phi) is 5.99. The lowest BCUT2D eigenvalue weighted by Crippen LogP contribution is -2.32. The van der Waals surface area contributed by atoms with Crippen LogP contribution in [0.3, 0.4) is 0 Å². The third kappa shape index (κ3) is 4.32. The Balaban J connectivity index is 0.000000330. The zero-order chi connectivity index (χ0) is 25.6. The summed E-state index contributed by atoms with van der Waals surface area (Å²) < 4.78 is 39.5. The molecule has 2 atom stereocenters. The predicted molar refractivity (Wildman–Crippen MR) is 131 cm³/mol. The number of rotatable bonds is 2. The molecule has 2 unspecified atom stereocenters. The monoisotopic (exact) mass is 495 g/mol. The van der Waals surface area contributed by atoms with Crippen LogP contribution in [0, 0.1) is 12.7 Å². The van der Waals surface area contributed by atoms with Gasteiger partial charge in [0.25, 0.3) is 5.91 Å². The van der Waals surface area contributed by atoms with Gasteiger partial charge in [0.1, 0.15) is 35.2 Å². The summed E-state index contributed by atoms with van der Waals surface area (Å²) in [6, 6.07) is 8.30. The summed E-state index contributed by atoms with van der Waals surface area (Å²) in [4.78, 5) is 23.0. The highest BCUT2D eigenvalue weighted by Crippen LogP contribution is 2.37. The lowest BCUT2D eigenvalue weighted by atomic mass is 10.0. The fraction of sp³-hybridized carbons (Fsp3) is 0.346. The number of imidazole rings is 1. The number of hydrogen-bond donors (Lipinski definition) is 1. The van der Waals surface area contributed by atoms with Crippen molar-refractivity contribution in [3.63, 3.8) is 0 Å². The number of carbonyl (C=O) groups excluding carboxylic acids is 1. The number of carbonyl (C=O) groups is 1. The largest absolute Gasteiger partial charge is 0.491 e. The van der Waals surface area contributed by atoms with Crippen LogP contribution in [0.25, 0.3) is 16.6 Å². The number of alkyl halides is 1. The first-order valence-corrected chi connectivity index (χ1v) is 11.6. The van der Waals surface area contributed by atoms with Crippen LogP contribution in [0.4, 0.5) is 14.6 Å². The molecule has 2 N–H and O–H groups in total. The predicted octanol–water partition coefficient (Wildman–Crippen LogP) is 4.25. The summed E-state index contributed by atoms with van der Waals surface area (Å²) in [5.41, 5.74) is 8.36. The van der Waals surface area contributed by atoms with E-state index in [0.29, 0.717) is 36.2 Å². The summed E-state index contributed by atoms with van der Waals surface area (Å²) in [6.07, 6.45) is 3.70. The van der Waals surface area contributed by atoms with Gasteiger partial charge in [-0.05, 0) is 31.5 Å². The van der Waals surface area contributed by atoms with Gasteiger partial charge in [-0.2, -0.15) is 0 Å². The van der Waals surface area contributed by atoms with Crippen LogP contribution in [0.1, 0.15) is 40.9 Å². The number of nitrogens with two attached hydrogens (primary N) is 1. The minimum atomic E-state index is -1.03. The van der Waals surface area contributed by atoms with Gasteiger partial charge in [-0.25, -0.2) is 18.7 Å². The Morgan fingerprint density at radius 3 is 2.78 bits per heavy atom. The van der Waals surface area contributed by atoms with Crippen LogP contribution in [0.2, 0.25) is 0 Å². The first-order valence-electron chi connectivity index (χ1n) is 11.6. The van der Waals surface area contributed by atoms with E-state index >= 15 is 0 Å². The Bertz CT molecular complexity index is 1460. The Morgan fingerprint density at radius 1 is 1.28 bits per heavy atom. The first-order chi connectivity index (χ1) is 17.1. The van der Waals surface area contributed by atoms with Crippen molar-refractivity contribution in [1.82, 2.24) is 19.3 Å². The van der Waals surface area contributed by atoms with Gasteiger partial charge in [-0.15, -0.1) is 0 Å². The number of halogens is 2. The van der Waals surface area contributed by atoms with E-state index in [-0.39, 0.29) is 24.0 Å². The molecule has 2 aromatic heterocycles. The number of nitrogens with zero attached hydrogens (tertiary/aromatic N) is 4. The van der Waals surface area contributed by atoms with Gasteiger partial charge < -0.3 is 20.1 Å². The molecular weight excluding hydrogens is 468 g/mol. The lowest BCUT2D eigenvalue weighted by Gasteiger charge is -2.24. The summed E-state index contributed by atoms with van der Waals surface area (Å²) >= 11 is 0. The summed E-state index contributed by atoms with van der Waals surface area (Å²) in [5, 5.41) is 0. The number of benzene rings is 2. The van der Waals surface area contributed by atoms with Gasteiger partial charge in [-0.1, -0.05) is 12.1 Å². The molecule has 1 amide bonds. The molecule has 2 aliphatic rings. The highest BCUT2D eigenvalue weighted by Gasteiger charge is 2.32. The molecule has 4 heterocycles. The van der Waals surface area contributed by atoms with Crippen LogP contribution in [0.5, 0.6) is 5.75 Å². The first kappa shape index (κ1) is 23.9. The second-order valence-corrected chi connectivity index (χ2v) is 9.47. The summed E-state index contributed by atoms with van der Waals surface area (Å²) in [5.74, 6) is -0.0747. The average molecular weight is 496 g/mol. The van der Waals surface area contributed by atoms with E-state index in [4.69, 9.17) is 15.2 Å². The number of nitrogen functional groups attached to an aromatic ring is 1. The van der Waals surface area contributed by atoms with Gasteiger partial charge >= 0.3 is 0 Å². The molecular formula is C26H27F2N5O3. The van der Waals surface area contributed by atoms with Crippen molar-refractivity contribution < 1.29 is 23.0 Å². The van der Waals surface area contributed by atoms with Crippen molar-refractivity contribution in [3.8, 4) is 5.75 Å². The average Bonchev–Trinajstić information content (AvgIpc) is 3.58. The number of amides is 1. The Morgan fingerprint density at radius 2 is 2.08 bits per heavy atom. The van der Waals surface area contributed by atoms with Crippen molar-refractivity contribution in [1.29, 1.82) is 0 Å². The van der Waals surface area contributed by atoms with Crippen molar-refractivity contribution in [2.24, 2.45) is 0 Å². The van der Waals surface area contributed by atoms with Crippen LogP contribution >= 0.6 is 0 Å². The van der Waals surface area contributed by atoms with Gasteiger partial charge in [0.2, 0.25) is 0 Å². The van der Waals surface area contributed by atoms with Crippen LogP contribution in [-0.4, -0.2) is 57.7 Å². The number of aryl methyl sites for hydroxylation is 1. The number of ether oxygens (including phenoxy) is 2. The van der Waals surface area contributed by atoms with Gasteiger partial charge in [0.05, 0.1) is 41.8 Å². The second kappa shape index (κ2) is 9.02. The SMILES string of the molecule is CC1(F)CCOC1.Cc1ccc2c(c1)OCC2N(C)C(=O)c1cc2c(cc1F)nc(N)c1cncn12. The topological polar surface area (TPSA) is 95.0 Å². The van der Waals surface area contributed by atoms with E-state index in [0.717, 1.165) is 16.9 Å². The molecule has 8 nitrogen and oxygen atoms in total. The standard InChI is InChI=1S/C21H18FN5O2.C5H9FO/c1-11-3-4-12-18(9-29-19(12)5-11)26(2)21(28)13-6-16-15(7-14(13)22)25-20(23)17-8-24-10-27(16)17;1-5(6)2-3-7-4-5/h3-8,10,18H,9H2,1-2H3,(H2,23,25);2-4H2,1H3. The smallest absolute Gasteiger partial charge is 0.257 e. The highest BCUT2D eigenvalue weighted by atomic mass is 19.1. The maximum Gasteiger partial charge on any atom is 0.257 e. The summed E-state index contributed by atoms with van der Waals surface area (Å²) in [6.45, 7) is 4.76. The summed E-state index contributed by atoms with van der Waals surface area (Å²) in [7, 11) is 1.66. The number of anilines is 1. The van der Waals surface area contributed by atoms with Gasteiger partial charge in [0, 0.05) is 31.7 Å². The molecule has 188 valence electrons. The number of fused-ring (bicyclic) bond motifs is 4. The minimum Gasteiger partial charge on any atom is -0.491 e. The van der Waals surface area contributed by atoms with E-state index in [1.54, 1.807) is 30.9 Å². The second-order valence-electron chi connectivity index (χ2n) is 9.47. The maximum atomic E-state index is 14.8. The fourth-order valence-electron chi connectivity index (χ4n) is 4.46. The van der Waals surface area contributed by atoms with Gasteiger partial charge in [0.15, 0.2) is 0 Å². The number of aromatic nitrogens is 3. The van der Waals surface area contributed by atoms with Crippen molar-refractivity contribution in [2.75, 3.05) is 32.6 Å². The Hall–Kier alpha value is -3.79. The molecule has 1 fully saturated rings. The maximum absolute atomic E-state index is 14.8. The molecule has 10 heteroatoms. The van der Waals surface area contributed by atoms with Crippen molar-refractivity contribution in [3.05, 3.63) is 65.4 Å². The highest BCUT2D eigenvalue weighted by molar-refractivity contribution is 5.98. The minimum absolute atomic E-state index is 0.0397. The molecule has 0 spiro atoms. The van der Waals surface area contributed by atoms with E-state index in [9.17, 15) is 13.6 Å². The van der Waals surface area contributed by atoms with Crippen LogP contribution in [0.15, 0.2) is 42.9 Å². The molecule has 0 radical (unpaired) electrons. The van der Waals surface area contributed by atoms with Crippen molar-refractivity contribution >= 4 is 28.3 Å². The molecule has 2 aromatic carbocycles. The zero-order valence-corrected chi connectivity index (χ0v) is 20.3. The molecule has 36 heavy (non-hydrogen) atoms.